The molecule has 96 valence electrons. The number of nitrogens with one attached hydrogen (secondary N) is 1. The lowest BCUT2D eigenvalue weighted by atomic mass is 10.1. The van der Waals surface area contributed by atoms with Gasteiger partial charge in [0.2, 0.25) is 5.88 Å². The third kappa shape index (κ3) is 4.93. The summed E-state index contributed by atoms with van der Waals surface area (Å²) in [5.74, 6) is 2.08. The van der Waals surface area contributed by atoms with Gasteiger partial charge in [-0.15, -0.1) is 0 Å². The minimum Gasteiger partial charge on any atom is -0.481 e. The number of nitrogen functional groups attached to an aromatic ring is 1. The summed E-state index contributed by atoms with van der Waals surface area (Å²) in [4.78, 5) is 4.27. The molecule has 0 fully saturated rings. The number of hydrogen-bond acceptors (Lipinski definition) is 4. The molecule has 0 saturated carbocycles. The molecule has 0 unspecified atom stereocenters. The summed E-state index contributed by atoms with van der Waals surface area (Å²) in [5.41, 5.74) is 6.49. The average molecular weight is 237 g/mol. The molecule has 0 saturated heterocycles. The molecule has 4 nitrogen and oxygen atoms in total. The third-order valence-corrected chi connectivity index (χ3v) is 2.61. The summed E-state index contributed by atoms with van der Waals surface area (Å²) >= 11 is 0. The third-order valence-electron chi connectivity index (χ3n) is 2.61. The van der Waals surface area contributed by atoms with Crippen molar-refractivity contribution in [3.63, 3.8) is 0 Å². The quantitative estimate of drug-likeness (QED) is 0.716. The van der Waals surface area contributed by atoms with Crippen LogP contribution in [0.5, 0.6) is 5.88 Å². The first-order chi connectivity index (χ1) is 8.13. The van der Waals surface area contributed by atoms with Crippen LogP contribution in [0.3, 0.4) is 0 Å². The number of pyridine rings is 1. The van der Waals surface area contributed by atoms with Gasteiger partial charge in [0.05, 0.1) is 12.8 Å². The highest BCUT2D eigenvalue weighted by atomic mass is 16.5. The van der Waals surface area contributed by atoms with Crippen molar-refractivity contribution in [1.29, 1.82) is 0 Å². The molecule has 0 bridgehead atoms. The van der Waals surface area contributed by atoms with Crippen LogP contribution in [0, 0.1) is 5.92 Å². The second-order valence-electron chi connectivity index (χ2n) is 4.61. The zero-order valence-corrected chi connectivity index (χ0v) is 11.0. The molecule has 17 heavy (non-hydrogen) atoms. The highest BCUT2D eigenvalue weighted by Crippen LogP contribution is 2.19. The minimum absolute atomic E-state index is 0.587. The normalized spacial score (nSPS) is 10.6. The van der Waals surface area contributed by atoms with E-state index in [4.69, 9.17) is 10.5 Å². The molecule has 0 spiro atoms. The predicted molar refractivity (Wildman–Crippen MR) is 72.4 cm³/mol. The Morgan fingerprint density at radius 3 is 2.76 bits per heavy atom. The number of hydrogen-bond donors (Lipinski definition) is 2. The summed E-state index contributed by atoms with van der Waals surface area (Å²) < 4.78 is 5.06. The molecule has 0 aliphatic carbocycles. The number of anilines is 2. The topological polar surface area (TPSA) is 60.2 Å². The van der Waals surface area contributed by atoms with E-state index >= 15 is 0 Å². The standard InChI is InChI=1S/C13H23N3O/c1-10(2)6-4-5-9-15-13-11(14)7-8-12(16-13)17-3/h7-8,10H,4-6,9,14H2,1-3H3,(H,15,16). The van der Waals surface area contributed by atoms with Crippen LogP contribution in [0.25, 0.3) is 0 Å². The molecule has 0 radical (unpaired) electrons. The maximum atomic E-state index is 5.83. The van der Waals surface area contributed by atoms with Gasteiger partial charge in [-0.3, -0.25) is 0 Å². The van der Waals surface area contributed by atoms with Gasteiger partial charge in [-0.2, -0.15) is 4.98 Å². The second-order valence-corrected chi connectivity index (χ2v) is 4.61. The fourth-order valence-electron chi connectivity index (χ4n) is 1.59. The summed E-state index contributed by atoms with van der Waals surface area (Å²) in [6, 6.07) is 3.57. The monoisotopic (exact) mass is 237 g/mol. The predicted octanol–water partition coefficient (Wildman–Crippen LogP) is 2.91. The Labute approximate surface area is 104 Å². The maximum Gasteiger partial charge on any atom is 0.215 e. The molecule has 4 heteroatoms. The van der Waals surface area contributed by atoms with E-state index in [1.54, 1.807) is 13.2 Å². The van der Waals surface area contributed by atoms with Gasteiger partial charge >= 0.3 is 0 Å². The van der Waals surface area contributed by atoms with Crippen molar-refractivity contribution in [2.45, 2.75) is 33.1 Å². The van der Waals surface area contributed by atoms with E-state index in [2.05, 4.69) is 24.1 Å². The van der Waals surface area contributed by atoms with Crippen LogP contribution in [0.2, 0.25) is 0 Å². The second kappa shape index (κ2) is 6.99. The van der Waals surface area contributed by atoms with Crippen molar-refractivity contribution < 1.29 is 4.74 Å². The van der Waals surface area contributed by atoms with E-state index in [0.29, 0.717) is 17.4 Å². The molecule has 0 aromatic carbocycles. The van der Waals surface area contributed by atoms with Gasteiger partial charge in [-0.05, 0) is 18.4 Å². The smallest absolute Gasteiger partial charge is 0.215 e. The van der Waals surface area contributed by atoms with Gasteiger partial charge in [-0.1, -0.05) is 26.7 Å². The van der Waals surface area contributed by atoms with Crippen LogP contribution >= 0.6 is 0 Å². The van der Waals surface area contributed by atoms with Crippen molar-refractivity contribution in [2.75, 3.05) is 24.7 Å². The van der Waals surface area contributed by atoms with Crippen LogP contribution in [0.4, 0.5) is 11.5 Å². The van der Waals surface area contributed by atoms with Gasteiger partial charge < -0.3 is 15.8 Å². The molecule has 0 amide bonds. The molecule has 1 aromatic rings. The molecular weight excluding hydrogens is 214 g/mol. The van der Waals surface area contributed by atoms with Gasteiger partial charge in [0, 0.05) is 12.6 Å². The molecule has 1 heterocycles. The number of unbranched alkanes of at least 4 members (excludes halogenated alkanes) is 1. The SMILES string of the molecule is COc1ccc(N)c(NCCCCC(C)C)n1. The first-order valence-corrected chi connectivity index (χ1v) is 6.18. The number of nitrogens with two attached hydrogens (primary N) is 1. The number of ether oxygens (including phenoxy) is 1. The van der Waals surface area contributed by atoms with Crippen LogP contribution in [-0.2, 0) is 0 Å². The molecule has 0 atom stereocenters. The van der Waals surface area contributed by atoms with E-state index in [9.17, 15) is 0 Å². The Morgan fingerprint density at radius 2 is 2.12 bits per heavy atom. The van der Waals surface area contributed by atoms with E-state index in [1.165, 1.54) is 12.8 Å². The number of nitrogens with zero attached hydrogens (tertiary/aromatic N) is 1. The van der Waals surface area contributed by atoms with Crippen LogP contribution in [0.1, 0.15) is 33.1 Å². The number of aromatic nitrogens is 1. The summed E-state index contributed by atoms with van der Waals surface area (Å²) in [6.45, 7) is 5.39. The van der Waals surface area contributed by atoms with Crippen LogP contribution in [-0.4, -0.2) is 18.6 Å². The molecular formula is C13H23N3O. The maximum absolute atomic E-state index is 5.83. The van der Waals surface area contributed by atoms with Crippen LogP contribution in [0.15, 0.2) is 12.1 Å². The number of methoxy groups -OCH3 is 1. The van der Waals surface area contributed by atoms with Gasteiger partial charge in [0.15, 0.2) is 5.82 Å². The Morgan fingerprint density at radius 1 is 1.35 bits per heavy atom. The van der Waals surface area contributed by atoms with Crippen molar-refractivity contribution in [1.82, 2.24) is 4.98 Å². The molecule has 3 N–H and O–H groups in total. The lowest BCUT2D eigenvalue weighted by molar-refractivity contribution is 0.398. The van der Waals surface area contributed by atoms with Crippen molar-refractivity contribution in [3.8, 4) is 5.88 Å². The lowest BCUT2D eigenvalue weighted by Crippen LogP contribution is -2.07. The Bertz CT molecular complexity index is 339. The van der Waals surface area contributed by atoms with Gasteiger partial charge in [-0.25, -0.2) is 0 Å². The molecule has 1 aromatic heterocycles. The van der Waals surface area contributed by atoms with E-state index in [-0.39, 0.29) is 0 Å². The van der Waals surface area contributed by atoms with E-state index < -0.39 is 0 Å². The number of rotatable bonds is 7. The lowest BCUT2D eigenvalue weighted by Gasteiger charge is -2.10. The van der Waals surface area contributed by atoms with E-state index in [0.717, 1.165) is 18.9 Å². The van der Waals surface area contributed by atoms with Gasteiger partial charge in [0.1, 0.15) is 0 Å². The van der Waals surface area contributed by atoms with Crippen molar-refractivity contribution in [2.24, 2.45) is 5.92 Å². The summed E-state index contributed by atoms with van der Waals surface area (Å²) in [6.07, 6.45) is 3.63. The minimum atomic E-state index is 0.587. The van der Waals surface area contributed by atoms with Crippen molar-refractivity contribution >= 4 is 11.5 Å². The highest BCUT2D eigenvalue weighted by Gasteiger charge is 2.02. The zero-order valence-electron chi connectivity index (χ0n) is 11.0. The van der Waals surface area contributed by atoms with Crippen molar-refractivity contribution in [3.05, 3.63) is 12.1 Å². The van der Waals surface area contributed by atoms with E-state index in [1.807, 2.05) is 6.07 Å². The highest BCUT2D eigenvalue weighted by molar-refractivity contribution is 5.61. The average Bonchev–Trinajstić information content (AvgIpc) is 2.30. The first kappa shape index (κ1) is 13.6. The summed E-state index contributed by atoms with van der Waals surface area (Å²) in [7, 11) is 1.60. The first-order valence-electron chi connectivity index (χ1n) is 6.18. The molecule has 1 rings (SSSR count). The van der Waals surface area contributed by atoms with Gasteiger partial charge in [0.25, 0.3) is 0 Å². The largest absolute Gasteiger partial charge is 0.481 e. The zero-order chi connectivity index (χ0) is 12.7. The Hall–Kier alpha value is -1.45. The fraction of sp³-hybridized carbons (Fsp3) is 0.615. The van der Waals surface area contributed by atoms with Crippen LogP contribution < -0.4 is 15.8 Å². The molecule has 0 aliphatic rings. The molecule has 0 aliphatic heterocycles. The summed E-state index contributed by atoms with van der Waals surface area (Å²) in [5, 5.41) is 3.25. The Kier molecular flexibility index (Phi) is 5.60. The fourth-order valence-corrected chi connectivity index (χ4v) is 1.59. The Balaban J connectivity index is 2.35.